The van der Waals surface area contributed by atoms with Crippen LogP contribution < -0.4 is 0 Å². The van der Waals surface area contributed by atoms with E-state index in [4.69, 9.17) is 18.9 Å². The number of aliphatic hydroxyl groups is 7. The van der Waals surface area contributed by atoms with E-state index in [2.05, 4.69) is 6.92 Å². The average Bonchev–Trinajstić information content (AvgIpc) is 3.12. The van der Waals surface area contributed by atoms with E-state index in [1.807, 2.05) is 0 Å². The Hall–Kier alpha value is -0.930. The fourth-order valence-electron chi connectivity index (χ4n) is 4.45. The highest BCUT2D eigenvalue weighted by Crippen LogP contribution is 2.36. The van der Waals surface area contributed by atoms with Gasteiger partial charge in [0.2, 0.25) is 5.79 Å². The lowest BCUT2D eigenvalue weighted by Crippen LogP contribution is -2.62. The molecule has 2 aliphatic heterocycles. The van der Waals surface area contributed by atoms with E-state index in [0.29, 0.717) is 6.42 Å². The molecule has 0 spiro atoms. The van der Waals surface area contributed by atoms with Crippen molar-refractivity contribution in [2.45, 2.75) is 126 Å². The van der Waals surface area contributed by atoms with Gasteiger partial charge in [-0.1, -0.05) is 58.3 Å². The zero-order chi connectivity index (χ0) is 26.7. The first-order valence-electron chi connectivity index (χ1n) is 13.0. The first-order valence-corrected chi connectivity index (χ1v) is 13.0. The van der Waals surface area contributed by atoms with Crippen LogP contribution in [-0.4, -0.2) is 116 Å². The van der Waals surface area contributed by atoms with E-state index >= 15 is 0 Å². The molecule has 2 saturated heterocycles. The maximum Gasteiger partial charge on any atom is 0.305 e. The monoisotopic (exact) mass is 524 g/mol. The average molecular weight is 525 g/mol. The zero-order valence-corrected chi connectivity index (χ0v) is 21.0. The van der Waals surface area contributed by atoms with Crippen molar-refractivity contribution in [2.75, 3.05) is 19.8 Å². The van der Waals surface area contributed by atoms with Gasteiger partial charge in [-0.25, -0.2) is 0 Å². The lowest BCUT2D eigenvalue weighted by molar-refractivity contribution is -0.383. The van der Waals surface area contributed by atoms with E-state index in [0.717, 1.165) is 19.3 Å². The second kappa shape index (κ2) is 15.5. The molecule has 2 rings (SSSR count). The van der Waals surface area contributed by atoms with Crippen molar-refractivity contribution >= 4 is 5.97 Å². The van der Waals surface area contributed by atoms with Gasteiger partial charge < -0.3 is 54.7 Å². The molecule has 0 saturated carbocycles. The van der Waals surface area contributed by atoms with E-state index in [1.165, 1.54) is 32.1 Å². The lowest BCUT2D eigenvalue weighted by atomic mass is 9.99. The molecule has 0 aromatic rings. The fourth-order valence-corrected chi connectivity index (χ4v) is 4.45. The van der Waals surface area contributed by atoms with Crippen molar-refractivity contribution in [2.24, 2.45) is 0 Å². The van der Waals surface area contributed by atoms with Crippen LogP contribution in [0.25, 0.3) is 0 Å². The minimum atomic E-state index is -2.27. The summed E-state index contributed by atoms with van der Waals surface area (Å²) in [5.74, 6) is -2.76. The largest absolute Gasteiger partial charge is 0.463 e. The van der Waals surface area contributed by atoms with E-state index in [1.54, 1.807) is 0 Å². The number of aliphatic hydroxyl groups excluding tert-OH is 7. The molecule has 3 unspecified atom stereocenters. The third kappa shape index (κ3) is 8.29. The Labute approximate surface area is 211 Å². The van der Waals surface area contributed by atoms with Crippen molar-refractivity contribution in [3.05, 3.63) is 0 Å². The summed E-state index contributed by atoms with van der Waals surface area (Å²) < 4.78 is 21.3. The maximum atomic E-state index is 12.1. The molecule has 0 bridgehead atoms. The summed E-state index contributed by atoms with van der Waals surface area (Å²) in [5.41, 5.74) is 0. The van der Waals surface area contributed by atoms with Crippen LogP contribution in [-0.2, 0) is 23.7 Å². The van der Waals surface area contributed by atoms with Crippen LogP contribution in [0.15, 0.2) is 0 Å². The van der Waals surface area contributed by atoms with Gasteiger partial charge in [0.25, 0.3) is 0 Å². The summed E-state index contributed by atoms with van der Waals surface area (Å²) in [4.78, 5) is 12.1. The highest BCUT2D eigenvalue weighted by molar-refractivity contribution is 5.69. The molecule has 0 radical (unpaired) electrons. The molecule has 12 heteroatoms. The van der Waals surface area contributed by atoms with Gasteiger partial charge in [-0.05, 0) is 6.42 Å². The standard InChI is InChI=1S/C24H44O12/c1-2-3-4-5-6-7-8-9-10-11-17(27)33-13-16-18(28)20(30)21(31)23(34-16)36-24(14-26)22(32)19(29)15(12-25)35-24/h15-16,18-23,25-26,28-32H,2-14H2,1H3/t15-,16?,18-,19+,20-,21?,22?,23-,24+/m1/s1. The predicted octanol–water partition coefficient (Wildman–Crippen LogP) is -0.924. The van der Waals surface area contributed by atoms with Crippen LogP contribution in [0.2, 0.25) is 0 Å². The number of hydrogen-bond acceptors (Lipinski definition) is 12. The minimum Gasteiger partial charge on any atom is -0.463 e. The molecular formula is C24H44O12. The number of carbonyl (C=O) groups excluding carboxylic acids is 1. The molecule has 7 N–H and O–H groups in total. The van der Waals surface area contributed by atoms with E-state index in [9.17, 15) is 40.5 Å². The number of hydrogen-bond donors (Lipinski definition) is 7. The molecule has 9 atom stereocenters. The van der Waals surface area contributed by atoms with Crippen molar-refractivity contribution < 1.29 is 59.5 Å². The molecule has 2 heterocycles. The molecule has 36 heavy (non-hydrogen) atoms. The molecule has 0 amide bonds. The van der Waals surface area contributed by atoms with Crippen LogP contribution in [0.4, 0.5) is 0 Å². The highest BCUT2D eigenvalue weighted by atomic mass is 16.8. The number of carbonyl (C=O) groups is 1. The number of unbranched alkanes of at least 4 members (excludes halogenated alkanes) is 8. The summed E-state index contributed by atoms with van der Waals surface area (Å²) in [7, 11) is 0. The van der Waals surface area contributed by atoms with Crippen LogP contribution in [0.1, 0.15) is 71.1 Å². The zero-order valence-electron chi connectivity index (χ0n) is 21.0. The summed E-state index contributed by atoms with van der Waals surface area (Å²) in [6.07, 6.45) is -2.81. The Morgan fingerprint density at radius 3 is 1.97 bits per heavy atom. The van der Waals surface area contributed by atoms with Crippen molar-refractivity contribution in [1.29, 1.82) is 0 Å². The van der Waals surface area contributed by atoms with Crippen molar-refractivity contribution in [1.82, 2.24) is 0 Å². The van der Waals surface area contributed by atoms with Gasteiger partial charge >= 0.3 is 5.97 Å². The Kier molecular flexibility index (Phi) is 13.4. The number of rotatable bonds is 16. The van der Waals surface area contributed by atoms with E-state index < -0.39 is 80.6 Å². The summed E-state index contributed by atoms with van der Waals surface area (Å²) in [6, 6.07) is 0. The second-order valence-electron chi connectivity index (χ2n) is 9.64. The Balaban J connectivity index is 1.80. The lowest BCUT2D eigenvalue weighted by Gasteiger charge is -2.43. The Morgan fingerprint density at radius 1 is 0.806 bits per heavy atom. The summed E-state index contributed by atoms with van der Waals surface area (Å²) >= 11 is 0. The maximum absolute atomic E-state index is 12.1. The third-order valence-electron chi connectivity index (χ3n) is 6.78. The van der Waals surface area contributed by atoms with Gasteiger partial charge in [-0.3, -0.25) is 4.79 Å². The Morgan fingerprint density at radius 2 is 1.42 bits per heavy atom. The van der Waals surface area contributed by atoms with Crippen LogP contribution in [0.3, 0.4) is 0 Å². The van der Waals surface area contributed by atoms with Crippen molar-refractivity contribution in [3.8, 4) is 0 Å². The highest BCUT2D eigenvalue weighted by Gasteiger charge is 2.58. The predicted molar refractivity (Wildman–Crippen MR) is 124 cm³/mol. The van der Waals surface area contributed by atoms with Crippen molar-refractivity contribution in [3.63, 3.8) is 0 Å². The molecule has 0 aromatic heterocycles. The molecule has 0 aliphatic carbocycles. The number of ether oxygens (including phenoxy) is 4. The molecule has 2 fully saturated rings. The molecule has 212 valence electrons. The second-order valence-corrected chi connectivity index (χ2v) is 9.64. The number of esters is 1. The minimum absolute atomic E-state index is 0.192. The van der Waals surface area contributed by atoms with Gasteiger partial charge in [-0.2, -0.15) is 0 Å². The SMILES string of the molecule is CCCCCCCCCCCC(=O)OCC1O[C@H](O[C@]2(CO)O[C@H](CO)[C@H](O)C2O)C(O)[C@H](O)[C@@H]1O. The smallest absolute Gasteiger partial charge is 0.305 e. The Bertz CT molecular complexity index is 636. The molecule has 12 nitrogen and oxygen atoms in total. The summed E-state index contributed by atoms with van der Waals surface area (Å²) in [6.45, 7) is 0.0841. The van der Waals surface area contributed by atoms with E-state index in [-0.39, 0.29) is 6.42 Å². The molecular weight excluding hydrogens is 480 g/mol. The van der Waals surface area contributed by atoms with Gasteiger partial charge in [-0.15, -0.1) is 0 Å². The topological polar surface area (TPSA) is 196 Å². The van der Waals surface area contributed by atoms with Gasteiger partial charge in [0.05, 0.1) is 6.61 Å². The van der Waals surface area contributed by atoms with Crippen LogP contribution in [0, 0.1) is 0 Å². The van der Waals surface area contributed by atoms with Gasteiger partial charge in [0, 0.05) is 6.42 Å². The van der Waals surface area contributed by atoms with Crippen LogP contribution >= 0.6 is 0 Å². The normalized spacial score (nSPS) is 36.8. The first-order chi connectivity index (χ1) is 17.2. The summed E-state index contributed by atoms with van der Waals surface area (Å²) in [5, 5.41) is 70.1. The van der Waals surface area contributed by atoms with Gasteiger partial charge in [0.1, 0.15) is 55.9 Å². The first kappa shape index (κ1) is 31.3. The quantitative estimate of drug-likeness (QED) is 0.0970. The third-order valence-corrected chi connectivity index (χ3v) is 6.78. The van der Waals surface area contributed by atoms with Crippen LogP contribution in [0.5, 0.6) is 0 Å². The molecule has 2 aliphatic rings. The molecule has 0 aromatic carbocycles. The fraction of sp³-hybridized carbons (Fsp3) is 0.958. The van der Waals surface area contributed by atoms with Gasteiger partial charge in [0.15, 0.2) is 6.29 Å².